The largest absolute Gasteiger partial charge is 0.474 e. The van der Waals surface area contributed by atoms with Gasteiger partial charge in [-0.15, -0.1) is 0 Å². The molecule has 10 heteroatoms. The van der Waals surface area contributed by atoms with Gasteiger partial charge >= 0.3 is 15.6 Å². The van der Waals surface area contributed by atoms with Crippen LogP contribution in [-0.4, -0.2) is 40.6 Å². The first-order valence-electron chi connectivity index (χ1n) is 6.21. The molecular formula is C10H22O8P2. The molecule has 0 bridgehead atoms. The van der Waals surface area contributed by atoms with Crippen molar-refractivity contribution in [1.29, 1.82) is 0 Å². The molecule has 1 saturated carbocycles. The fourth-order valence-electron chi connectivity index (χ4n) is 1.96. The second-order valence-electron chi connectivity index (χ2n) is 4.20. The quantitative estimate of drug-likeness (QED) is 0.626. The number of hydrogen-bond donors (Lipinski definition) is 0. The van der Waals surface area contributed by atoms with Crippen molar-refractivity contribution in [3.8, 4) is 0 Å². The summed E-state index contributed by atoms with van der Waals surface area (Å²) in [6.07, 6.45) is 1.81. The lowest BCUT2D eigenvalue weighted by molar-refractivity contribution is -0.0190. The van der Waals surface area contributed by atoms with Crippen LogP contribution >= 0.6 is 15.6 Å². The predicted molar refractivity (Wildman–Crippen MR) is 71.5 cm³/mol. The molecule has 0 radical (unpaired) electrons. The fourth-order valence-corrected chi connectivity index (χ4v) is 3.74. The molecule has 1 fully saturated rings. The molecule has 0 saturated heterocycles. The third-order valence-corrected chi connectivity index (χ3v) is 5.91. The number of rotatable bonds is 8. The van der Waals surface area contributed by atoms with Gasteiger partial charge < -0.3 is 0 Å². The van der Waals surface area contributed by atoms with E-state index in [1.165, 1.54) is 28.4 Å². The Hall–Kier alpha value is 0.220. The summed E-state index contributed by atoms with van der Waals surface area (Å²) in [4.78, 5) is 0. The van der Waals surface area contributed by atoms with Crippen LogP contribution in [0.5, 0.6) is 0 Å². The summed E-state index contributed by atoms with van der Waals surface area (Å²) in [5.41, 5.74) is 0. The van der Waals surface area contributed by atoms with Gasteiger partial charge in [-0.3, -0.25) is 27.1 Å². The van der Waals surface area contributed by atoms with Crippen LogP contribution in [0.25, 0.3) is 0 Å². The molecule has 120 valence electrons. The van der Waals surface area contributed by atoms with E-state index in [2.05, 4.69) is 0 Å². The van der Waals surface area contributed by atoms with E-state index in [9.17, 15) is 9.13 Å². The molecule has 1 aliphatic rings. The van der Waals surface area contributed by atoms with Crippen LogP contribution in [0.4, 0.5) is 0 Å². The van der Waals surface area contributed by atoms with E-state index in [0.717, 1.165) is 12.8 Å². The van der Waals surface area contributed by atoms with Crippen LogP contribution in [0.2, 0.25) is 0 Å². The Kier molecular flexibility index (Phi) is 7.32. The number of hydrogen-bond acceptors (Lipinski definition) is 8. The molecule has 0 aromatic heterocycles. The molecule has 20 heavy (non-hydrogen) atoms. The summed E-state index contributed by atoms with van der Waals surface area (Å²) in [6, 6.07) is 0. The second-order valence-corrected chi connectivity index (χ2v) is 7.87. The molecule has 1 aliphatic carbocycles. The van der Waals surface area contributed by atoms with E-state index in [4.69, 9.17) is 27.1 Å². The summed E-state index contributed by atoms with van der Waals surface area (Å²) in [5.74, 6) is 0. The summed E-state index contributed by atoms with van der Waals surface area (Å²) in [6.45, 7) is 0. The molecule has 0 amide bonds. The minimum atomic E-state index is -3.62. The van der Waals surface area contributed by atoms with Crippen molar-refractivity contribution in [2.75, 3.05) is 28.4 Å². The van der Waals surface area contributed by atoms with Gasteiger partial charge in [0.25, 0.3) is 0 Å². The Balaban J connectivity index is 2.77. The first-order chi connectivity index (χ1) is 9.42. The van der Waals surface area contributed by atoms with E-state index in [-0.39, 0.29) is 0 Å². The Labute approximate surface area is 119 Å². The Morgan fingerprint density at radius 3 is 1.25 bits per heavy atom. The van der Waals surface area contributed by atoms with Crippen molar-refractivity contribution in [3.63, 3.8) is 0 Å². The standard InChI is InChI=1S/C10H22O8P2/c1-13-19(11,14-2)17-9-7-5-6-8-10(9)18-20(12,15-3)16-4/h9-10H,5-8H2,1-4H3. The highest BCUT2D eigenvalue weighted by atomic mass is 31.2. The average Bonchev–Trinajstić information content (AvgIpc) is 2.49. The molecule has 0 aromatic rings. The molecule has 0 aromatic carbocycles. The Morgan fingerprint density at radius 2 is 1.00 bits per heavy atom. The van der Waals surface area contributed by atoms with Gasteiger partial charge in [0.05, 0.1) is 12.2 Å². The molecule has 0 N–H and O–H groups in total. The molecular weight excluding hydrogens is 310 g/mol. The normalized spacial score (nSPS) is 24.8. The van der Waals surface area contributed by atoms with Crippen molar-refractivity contribution in [3.05, 3.63) is 0 Å². The molecule has 0 aliphatic heterocycles. The lowest BCUT2D eigenvalue weighted by Crippen LogP contribution is -2.34. The fraction of sp³-hybridized carbons (Fsp3) is 1.00. The van der Waals surface area contributed by atoms with Gasteiger partial charge in [-0.05, 0) is 12.8 Å². The third-order valence-electron chi connectivity index (χ3n) is 3.07. The van der Waals surface area contributed by atoms with Crippen LogP contribution < -0.4 is 0 Å². The van der Waals surface area contributed by atoms with Crippen molar-refractivity contribution in [1.82, 2.24) is 0 Å². The van der Waals surface area contributed by atoms with E-state index in [0.29, 0.717) is 12.8 Å². The summed E-state index contributed by atoms with van der Waals surface area (Å²) >= 11 is 0. The van der Waals surface area contributed by atoms with Crippen molar-refractivity contribution >= 4 is 15.6 Å². The van der Waals surface area contributed by atoms with Gasteiger partial charge in [0.15, 0.2) is 0 Å². The van der Waals surface area contributed by atoms with Gasteiger partial charge in [-0.2, -0.15) is 0 Å². The van der Waals surface area contributed by atoms with Crippen LogP contribution in [-0.2, 0) is 36.3 Å². The molecule has 1 rings (SSSR count). The number of phosphoric ester groups is 2. The average molecular weight is 332 g/mol. The van der Waals surface area contributed by atoms with E-state index in [1.54, 1.807) is 0 Å². The van der Waals surface area contributed by atoms with E-state index >= 15 is 0 Å². The van der Waals surface area contributed by atoms with Crippen molar-refractivity contribution < 1.29 is 36.3 Å². The SMILES string of the molecule is COP(=O)(OC)OC1CCCCC1OP(=O)(OC)OC. The molecule has 2 unspecified atom stereocenters. The highest BCUT2D eigenvalue weighted by Gasteiger charge is 2.39. The maximum atomic E-state index is 12.0. The predicted octanol–water partition coefficient (Wildman–Crippen LogP) is 3.13. The van der Waals surface area contributed by atoms with Gasteiger partial charge in [-0.1, -0.05) is 12.8 Å². The molecule has 2 atom stereocenters. The van der Waals surface area contributed by atoms with Crippen molar-refractivity contribution in [2.45, 2.75) is 37.9 Å². The van der Waals surface area contributed by atoms with Crippen LogP contribution in [0, 0.1) is 0 Å². The lowest BCUT2D eigenvalue weighted by atomic mass is 9.95. The first kappa shape index (κ1) is 18.3. The van der Waals surface area contributed by atoms with E-state index < -0.39 is 27.9 Å². The Morgan fingerprint density at radius 1 is 0.700 bits per heavy atom. The minimum absolute atomic E-state index is 0.562. The lowest BCUT2D eigenvalue weighted by Gasteiger charge is -2.33. The highest BCUT2D eigenvalue weighted by Crippen LogP contribution is 2.54. The minimum Gasteiger partial charge on any atom is -0.290 e. The molecule has 0 heterocycles. The topological polar surface area (TPSA) is 89.5 Å². The van der Waals surface area contributed by atoms with Gasteiger partial charge in [0, 0.05) is 28.4 Å². The maximum Gasteiger partial charge on any atom is 0.474 e. The monoisotopic (exact) mass is 332 g/mol. The van der Waals surface area contributed by atoms with Crippen LogP contribution in [0.3, 0.4) is 0 Å². The second kappa shape index (κ2) is 8.01. The van der Waals surface area contributed by atoms with Crippen LogP contribution in [0.15, 0.2) is 0 Å². The first-order valence-corrected chi connectivity index (χ1v) is 9.14. The summed E-state index contributed by atoms with van der Waals surface area (Å²) < 4.78 is 53.8. The summed E-state index contributed by atoms with van der Waals surface area (Å²) in [7, 11) is -2.30. The zero-order valence-corrected chi connectivity index (χ0v) is 13.9. The Bertz CT molecular complexity index is 335. The number of phosphoric acid groups is 2. The third kappa shape index (κ3) is 4.90. The van der Waals surface area contributed by atoms with Crippen molar-refractivity contribution in [2.24, 2.45) is 0 Å². The summed E-state index contributed by atoms with van der Waals surface area (Å²) in [5, 5.41) is 0. The van der Waals surface area contributed by atoms with Crippen LogP contribution in [0.1, 0.15) is 25.7 Å². The zero-order valence-electron chi connectivity index (χ0n) is 12.1. The maximum absolute atomic E-state index is 12.0. The van der Waals surface area contributed by atoms with Gasteiger partial charge in [-0.25, -0.2) is 9.13 Å². The van der Waals surface area contributed by atoms with Gasteiger partial charge in [0.2, 0.25) is 0 Å². The molecule has 8 nitrogen and oxygen atoms in total. The highest BCUT2D eigenvalue weighted by molar-refractivity contribution is 7.48. The zero-order chi connectivity index (χ0) is 15.2. The van der Waals surface area contributed by atoms with Gasteiger partial charge in [0.1, 0.15) is 0 Å². The van der Waals surface area contributed by atoms with E-state index in [1.807, 2.05) is 0 Å². The smallest absolute Gasteiger partial charge is 0.290 e. The molecule has 0 spiro atoms.